The van der Waals surface area contributed by atoms with Gasteiger partial charge in [-0.05, 0) is 20.3 Å². The second-order valence-corrected chi connectivity index (χ2v) is 4.17. The maximum Gasteiger partial charge on any atom is 0.329 e. The van der Waals surface area contributed by atoms with Gasteiger partial charge in [-0.15, -0.1) is 0 Å². The van der Waals surface area contributed by atoms with Crippen molar-refractivity contribution in [2.75, 3.05) is 23.5 Å². The fourth-order valence-corrected chi connectivity index (χ4v) is 1.63. The Balaban J connectivity index is 3.20. The minimum Gasteiger partial charge on any atom is -0.396 e. The summed E-state index contributed by atoms with van der Waals surface area (Å²) < 4.78 is 0. The number of nitrogen functional groups attached to an aromatic ring is 1. The second-order valence-electron chi connectivity index (χ2n) is 4.17. The van der Waals surface area contributed by atoms with Gasteiger partial charge in [0.2, 0.25) is 11.8 Å². The summed E-state index contributed by atoms with van der Waals surface area (Å²) in [6.07, 6.45) is 1.61. The number of rotatable bonds is 7. The minimum atomic E-state index is -0.538. The van der Waals surface area contributed by atoms with E-state index in [9.17, 15) is 10.1 Å². The number of hydrogen-bond acceptors (Lipinski definition) is 8. The van der Waals surface area contributed by atoms with Gasteiger partial charge in [-0.3, -0.25) is 15.5 Å². The summed E-state index contributed by atoms with van der Waals surface area (Å²) in [5.41, 5.74) is 2.07. The van der Waals surface area contributed by atoms with Crippen LogP contribution in [0.25, 0.3) is 0 Å². The topological polar surface area (TPSA) is 130 Å². The molecule has 9 nitrogen and oxygen atoms in total. The van der Waals surface area contributed by atoms with Crippen LogP contribution in [0.15, 0.2) is 6.20 Å². The Morgan fingerprint density at radius 3 is 2.79 bits per heavy atom. The minimum absolute atomic E-state index is 0.00406. The average Bonchev–Trinajstić information content (AvgIpc) is 2.38. The highest BCUT2D eigenvalue weighted by molar-refractivity contribution is 5.59. The van der Waals surface area contributed by atoms with Crippen molar-refractivity contribution in [3.63, 3.8) is 0 Å². The number of anilines is 2. The van der Waals surface area contributed by atoms with Gasteiger partial charge in [0.15, 0.2) is 0 Å². The molecule has 0 fully saturated rings. The summed E-state index contributed by atoms with van der Waals surface area (Å²) in [5.74, 6) is 5.52. The SMILES string of the molecule is CC(C)N(CCCO)c1nc(NN)ncc1[N+](=O)[O-]. The van der Waals surface area contributed by atoms with Gasteiger partial charge in [0.05, 0.1) is 4.92 Å². The summed E-state index contributed by atoms with van der Waals surface area (Å²) in [6, 6.07) is -0.00854. The molecule has 1 aromatic heterocycles. The van der Waals surface area contributed by atoms with Gasteiger partial charge in [0, 0.05) is 19.2 Å². The van der Waals surface area contributed by atoms with E-state index in [4.69, 9.17) is 10.9 Å². The molecule has 0 saturated carbocycles. The Hall–Kier alpha value is -2.00. The van der Waals surface area contributed by atoms with Crippen molar-refractivity contribution >= 4 is 17.5 Å². The number of hydrazine groups is 1. The molecule has 0 spiro atoms. The molecular formula is C10H18N6O3. The monoisotopic (exact) mass is 270 g/mol. The maximum absolute atomic E-state index is 11.0. The summed E-state index contributed by atoms with van der Waals surface area (Å²) in [5, 5.41) is 19.9. The van der Waals surface area contributed by atoms with Crippen LogP contribution in [0.2, 0.25) is 0 Å². The van der Waals surface area contributed by atoms with E-state index in [2.05, 4.69) is 15.4 Å². The van der Waals surface area contributed by atoms with E-state index < -0.39 is 4.92 Å². The van der Waals surface area contributed by atoms with E-state index >= 15 is 0 Å². The largest absolute Gasteiger partial charge is 0.396 e. The number of aliphatic hydroxyl groups excluding tert-OH is 1. The Labute approximate surface area is 110 Å². The van der Waals surface area contributed by atoms with Crippen LogP contribution in [0.5, 0.6) is 0 Å². The molecule has 106 valence electrons. The number of aromatic nitrogens is 2. The third-order valence-corrected chi connectivity index (χ3v) is 2.53. The molecular weight excluding hydrogens is 252 g/mol. The lowest BCUT2D eigenvalue weighted by atomic mass is 10.2. The van der Waals surface area contributed by atoms with Gasteiger partial charge in [-0.2, -0.15) is 4.98 Å². The van der Waals surface area contributed by atoms with Crippen LogP contribution >= 0.6 is 0 Å². The van der Waals surface area contributed by atoms with Crippen molar-refractivity contribution in [3.8, 4) is 0 Å². The van der Waals surface area contributed by atoms with Gasteiger partial charge < -0.3 is 10.0 Å². The lowest BCUT2D eigenvalue weighted by molar-refractivity contribution is -0.384. The van der Waals surface area contributed by atoms with Crippen LogP contribution < -0.4 is 16.2 Å². The molecule has 4 N–H and O–H groups in total. The molecule has 0 atom stereocenters. The molecule has 0 radical (unpaired) electrons. The fourth-order valence-electron chi connectivity index (χ4n) is 1.63. The molecule has 0 aromatic carbocycles. The standard InChI is InChI=1S/C10H18N6O3/c1-7(2)15(4-3-5-17)9-8(16(18)19)6-12-10(13-9)14-11/h6-7,17H,3-5,11H2,1-2H3,(H,12,13,14). The van der Waals surface area contributed by atoms with Gasteiger partial charge in [-0.25, -0.2) is 10.8 Å². The first-order chi connectivity index (χ1) is 9.01. The lowest BCUT2D eigenvalue weighted by Gasteiger charge is -2.27. The molecule has 0 aliphatic heterocycles. The fraction of sp³-hybridized carbons (Fsp3) is 0.600. The zero-order valence-electron chi connectivity index (χ0n) is 10.9. The van der Waals surface area contributed by atoms with Gasteiger partial charge in [0.1, 0.15) is 6.20 Å². The molecule has 9 heteroatoms. The van der Waals surface area contributed by atoms with Crippen molar-refractivity contribution in [1.29, 1.82) is 0 Å². The third-order valence-electron chi connectivity index (χ3n) is 2.53. The second kappa shape index (κ2) is 6.81. The van der Waals surface area contributed by atoms with Crippen LogP contribution in [0.1, 0.15) is 20.3 Å². The van der Waals surface area contributed by atoms with Crippen LogP contribution in [-0.4, -0.2) is 39.2 Å². The number of nitrogens with two attached hydrogens (primary N) is 1. The number of nitro groups is 1. The number of nitrogens with zero attached hydrogens (tertiary/aromatic N) is 4. The zero-order chi connectivity index (χ0) is 14.4. The van der Waals surface area contributed by atoms with Gasteiger partial charge >= 0.3 is 5.69 Å². The average molecular weight is 270 g/mol. The summed E-state index contributed by atoms with van der Waals surface area (Å²) >= 11 is 0. The van der Waals surface area contributed by atoms with Crippen LogP contribution in [0.3, 0.4) is 0 Å². The molecule has 0 aliphatic rings. The van der Waals surface area contributed by atoms with E-state index in [1.54, 1.807) is 4.90 Å². The van der Waals surface area contributed by atoms with Crippen LogP contribution in [-0.2, 0) is 0 Å². The summed E-state index contributed by atoms with van der Waals surface area (Å²) in [7, 11) is 0. The third kappa shape index (κ3) is 3.73. The van der Waals surface area contributed by atoms with E-state index in [0.29, 0.717) is 13.0 Å². The van der Waals surface area contributed by atoms with Gasteiger partial charge in [-0.1, -0.05) is 0 Å². The van der Waals surface area contributed by atoms with Crippen molar-refractivity contribution in [1.82, 2.24) is 9.97 Å². The molecule has 0 aliphatic carbocycles. The highest BCUT2D eigenvalue weighted by atomic mass is 16.6. The first kappa shape index (κ1) is 15.1. The first-order valence-electron chi connectivity index (χ1n) is 5.86. The first-order valence-corrected chi connectivity index (χ1v) is 5.86. The van der Waals surface area contributed by atoms with Crippen LogP contribution in [0.4, 0.5) is 17.5 Å². The zero-order valence-corrected chi connectivity index (χ0v) is 10.9. The molecule has 1 heterocycles. The van der Waals surface area contributed by atoms with E-state index in [0.717, 1.165) is 6.20 Å². The molecule has 0 saturated heterocycles. The van der Waals surface area contributed by atoms with Crippen molar-refractivity contribution in [2.45, 2.75) is 26.3 Å². The summed E-state index contributed by atoms with van der Waals surface area (Å²) in [6.45, 7) is 4.23. The van der Waals surface area contributed by atoms with Crippen LogP contribution in [0, 0.1) is 10.1 Å². The molecule has 19 heavy (non-hydrogen) atoms. The smallest absolute Gasteiger partial charge is 0.329 e. The molecule has 0 bridgehead atoms. The number of aliphatic hydroxyl groups is 1. The quantitative estimate of drug-likeness (QED) is 0.365. The summed E-state index contributed by atoms with van der Waals surface area (Å²) in [4.78, 5) is 20.0. The van der Waals surface area contributed by atoms with Crippen molar-refractivity contribution in [2.24, 2.45) is 5.84 Å². The number of nitrogens with one attached hydrogen (secondary N) is 1. The molecule has 1 aromatic rings. The van der Waals surface area contributed by atoms with Gasteiger partial charge in [0.25, 0.3) is 0 Å². The van der Waals surface area contributed by atoms with Crippen molar-refractivity contribution < 1.29 is 10.0 Å². The predicted molar refractivity (Wildman–Crippen MR) is 70.7 cm³/mol. The van der Waals surface area contributed by atoms with Crippen molar-refractivity contribution in [3.05, 3.63) is 16.3 Å². The number of hydrogen-bond donors (Lipinski definition) is 3. The Morgan fingerprint density at radius 1 is 1.63 bits per heavy atom. The Bertz CT molecular complexity index is 439. The van der Waals surface area contributed by atoms with E-state index in [1.165, 1.54) is 0 Å². The highest BCUT2D eigenvalue weighted by Crippen LogP contribution is 2.27. The Kier molecular flexibility index (Phi) is 5.39. The highest BCUT2D eigenvalue weighted by Gasteiger charge is 2.24. The normalized spacial score (nSPS) is 10.6. The predicted octanol–water partition coefficient (Wildman–Crippen LogP) is 0.268. The molecule has 1 rings (SSSR count). The maximum atomic E-state index is 11.0. The molecule has 0 amide bonds. The molecule has 0 unspecified atom stereocenters. The lowest BCUT2D eigenvalue weighted by Crippen LogP contribution is -2.34. The van der Waals surface area contributed by atoms with E-state index in [-0.39, 0.29) is 30.1 Å². The Morgan fingerprint density at radius 2 is 2.32 bits per heavy atom. The van der Waals surface area contributed by atoms with E-state index in [1.807, 2.05) is 13.8 Å².